The number of carboxylic acids is 1. The molecule has 0 aliphatic carbocycles. The summed E-state index contributed by atoms with van der Waals surface area (Å²) in [5.41, 5.74) is 2.44. The maximum Gasteiger partial charge on any atom is 0.308 e. The molecule has 1 heterocycles. The van der Waals surface area contributed by atoms with Crippen LogP contribution in [0.15, 0.2) is 54.6 Å². The summed E-state index contributed by atoms with van der Waals surface area (Å²) in [5.74, 6) is -1.56. The lowest BCUT2D eigenvalue weighted by atomic mass is 9.90. The fraction of sp³-hybridized carbons (Fsp3) is 0.263. The van der Waals surface area contributed by atoms with Gasteiger partial charge in [-0.2, -0.15) is 0 Å². The molecule has 1 aliphatic heterocycles. The molecule has 1 amide bonds. The lowest BCUT2D eigenvalue weighted by molar-refractivity contribution is -0.144. The number of carboxylic acid groups (broad SMARTS) is 1. The van der Waals surface area contributed by atoms with Gasteiger partial charge in [-0.15, -0.1) is 0 Å². The van der Waals surface area contributed by atoms with E-state index in [-0.39, 0.29) is 5.91 Å². The van der Waals surface area contributed by atoms with E-state index in [0.29, 0.717) is 18.5 Å². The fourth-order valence-corrected chi connectivity index (χ4v) is 3.32. The fourth-order valence-electron chi connectivity index (χ4n) is 3.32. The highest BCUT2D eigenvalue weighted by molar-refractivity contribution is 5.99. The molecule has 118 valence electrons. The number of carbonyl (C=O) groups is 2. The number of fused-ring (bicyclic) bond motifs is 1. The Morgan fingerprint density at radius 3 is 2.43 bits per heavy atom. The molecule has 0 radical (unpaired) electrons. The molecular weight excluding hydrogens is 290 g/mol. The highest BCUT2D eigenvalue weighted by atomic mass is 16.4. The Bertz CT molecular complexity index is 726. The minimum Gasteiger partial charge on any atom is -0.481 e. The first-order chi connectivity index (χ1) is 11.1. The van der Waals surface area contributed by atoms with Crippen LogP contribution >= 0.6 is 0 Å². The summed E-state index contributed by atoms with van der Waals surface area (Å²) < 4.78 is 0. The van der Waals surface area contributed by atoms with E-state index in [1.54, 1.807) is 11.0 Å². The first-order valence-electron chi connectivity index (χ1n) is 7.80. The zero-order valence-corrected chi connectivity index (χ0v) is 13.0. The maximum absolute atomic E-state index is 12.8. The van der Waals surface area contributed by atoms with Crippen LogP contribution in [0, 0.1) is 5.92 Å². The van der Waals surface area contributed by atoms with Crippen molar-refractivity contribution in [2.75, 3.05) is 0 Å². The van der Waals surface area contributed by atoms with Gasteiger partial charge in [-0.05, 0) is 23.6 Å². The quantitative estimate of drug-likeness (QED) is 0.919. The van der Waals surface area contributed by atoms with Crippen LogP contribution in [0.3, 0.4) is 0 Å². The molecule has 2 atom stereocenters. The average Bonchev–Trinajstić information content (AvgIpc) is 2.83. The molecule has 3 rings (SSSR count). The summed E-state index contributed by atoms with van der Waals surface area (Å²) >= 11 is 0. The average molecular weight is 309 g/mol. The number of rotatable bonds is 5. The van der Waals surface area contributed by atoms with Crippen molar-refractivity contribution in [2.45, 2.75) is 25.9 Å². The molecule has 4 nitrogen and oxygen atoms in total. The van der Waals surface area contributed by atoms with E-state index in [9.17, 15) is 14.7 Å². The lowest BCUT2D eigenvalue weighted by Crippen LogP contribution is -2.35. The van der Waals surface area contributed by atoms with E-state index >= 15 is 0 Å². The van der Waals surface area contributed by atoms with Gasteiger partial charge in [0, 0.05) is 12.1 Å². The molecule has 4 heteroatoms. The second-order valence-electron chi connectivity index (χ2n) is 5.80. The van der Waals surface area contributed by atoms with Gasteiger partial charge in [0.25, 0.3) is 5.91 Å². The summed E-state index contributed by atoms with van der Waals surface area (Å²) in [5, 5.41) is 9.59. The molecule has 2 aromatic rings. The number of carbonyl (C=O) groups excluding carboxylic acids is 1. The lowest BCUT2D eigenvalue weighted by Gasteiger charge is -2.29. The van der Waals surface area contributed by atoms with Gasteiger partial charge < -0.3 is 10.0 Å². The molecule has 0 spiro atoms. The first-order valence-corrected chi connectivity index (χ1v) is 7.80. The molecule has 0 bridgehead atoms. The molecule has 0 saturated heterocycles. The van der Waals surface area contributed by atoms with Crippen molar-refractivity contribution in [3.63, 3.8) is 0 Å². The summed E-state index contributed by atoms with van der Waals surface area (Å²) in [6.07, 6.45) is 0.479. The van der Waals surface area contributed by atoms with Crippen molar-refractivity contribution in [1.82, 2.24) is 4.90 Å². The van der Waals surface area contributed by atoms with Gasteiger partial charge in [0.15, 0.2) is 0 Å². The summed E-state index contributed by atoms with van der Waals surface area (Å²) in [6, 6.07) is 16.6. The Hall–Kier alpha value is -2.62. The normalized spacial score (nSPS) is 17.9. The summed E-state index contributed by atoms with van der Waals surface area (Å²) in [7, 11) is 0. The van der Waals surface area contributed by atoms with Gasteiger partial charge in [0.05, 0.1) is 12.0 Å². The van der Waals surface area contributed by atoms with Crippen LogP contribution < -0.4 is 0 Å². The number of hydrogen-bond donors (Lipinski definition) is 1. The van der Waals surface area contributed by atoms with E-state index in [1.165, 1.54) is 0 Å². The second kappa shape index (κ2) is 6.24. The topological polar surface area (TPSA) is 57.6 Å². The number of amides is 1. The molecule has 23 heavy (non-hydrogen) atoms. The van der Waals surface area contributed by atoms with Gasteiger partial charge in [-0.25, -0.2) is 0 Å². The number of aliphatic carboxylic acids is 1. The Labute approximate surface area is 135 Å². The molecular formula is C19H19NO3. The third kappa shape index (κ3) is 2.72. The van der Waals surface area contributed by atoms with Gasteiger partial charge >= 0.3 is 5.97 Å². The van der Waals surface area contributed by atoms with Crippen molar-refractivity contribution >= 4 is 11.9 Å². The van der Waals surface area contributed by atoms with Crippen molar-refractivity contribution in [3.8, 4) is 0 Å². The third-order valence-corrected chi connectivity index (χ3v) is 4.44. The predicted octanol–water partition coefficient (Wildman–Crippen LogP) is 3.49. The number of nitrogens with zero attached hydrogens (tertiary/aromatic N) is 1. The van der Waals surface area contributed by atoms with E-state index in [1.807, 2.05) is 55.5 Å². The largest absolute Gasteiger partial charge is 0.481 e. The van der Waals surface area contributed by atoms with Gasteiger partial charge in [-0.3, -0.25) is 9.59 Å². The first kappa shape index (κ1) is 15.3. The number of benzene rings is 2. The van der Waals surface area contributed by atoms with Crippen LogP contribution in [0.5, 0.6) is 0 Å². The standard InChI is InChI=1S/C19H19NO3/c1-2-14(19(22)23)17-15-10-6-7-11-16(15)18(21)20(17)12-13-8-4-3-5-9-13/h3-11,14,17H,2,12H2,1H3,(H,22,23). The van der Waals surface area contributed by atoms with Gasteiger partial charge in [0.2, 0.25) is 0 Å². The molecule has 2 aromatic carbocycles. The van der Waals surface area contributed by atoms with Crippen LogP contribution in [0.1, 0.15) is 40.9 Å². The highest BCUT2D eigenvalue weighted by Crippen LogP contribution is 2.40. The zero-order valence-electron chi connectivity index (χ0n) is 13.0. The third-order valence-electron chi connectivity index (χ3n) is 4.44. The van der Waals surface area contributed by atoms with Crippen molar-refractivity contribution in [1.29, 1.82) is 0 Å². The van der Waals surface area contributed by atoms with Crippen LogP contribution in [-0.2, 0) is 11.3 Å². The Kier molecular flexibility index (Phi) is 4.15. The van der Waals surface area contributed by atoms with Crippen LogP contribution in [0.25, 0.3) is 0 Å². The SMILES string of the molecule is CCC(C(=O)O)C1c2ccccc2C(=O)N1Cc1ccccc1. The zero-order chi connectivity index (χ0) is 16.4. The summed E-state index contributed by atoms with van der Waals surface area (Å²) in [6.45, 7) is 2.27. The van der Waals surface area contributed by atoms with E-state index in [0.717, 1.165) is 11.1 Å². The molecule has 2 unspecified atom stereocenters. The van der Waals surface area contributed by atoms with E-state index in [2.05, 4.69) is 0 Å². The minimum atomic E-state index is -0.861. The minimum absolute atomic E-state index is 0.0887. The predicted molar refractivity (Wildman–Crippen MR) is 86.9 cm³/mol. The van der Waals surface area contributed by atoms with Gasteiger partial charge in [0.1, 0.15) is 0 Å². The van der Waals surface area contributed by atoms with E-state index < -0.39 is 17.9 Å². The van der Waals surface area contributed by atoms with Crippen LogP contribution in [0.2, 0.25) is 0 Å². The second-order valence-corrected chi connectivity index (χ2v) is 5.80. The maximum atomic E-state index is 12.8. The molecule has 0 saturated carbocycles. The molecule has 1 aliphatic rings. The smallest absolute Gasteiger partial charge is 0.308 e. The van der Waals surface area contributed by atoms with Crippen LogP contribution in [0.4, 0.5) is 0 Å². The van der Waals surface area contributed by atoms with Gasteiger partial charge in [-0.1, -0.05) is 55.5 Å². The molecule has 1 N–H and O–H groups in total. The Morgan fingerprint density at radius 1 is 1.13 bits per heavy atom. The molecule has 0 fully saturated rings. The van der Waals surface area contributed by atoms with Crippen molar-refractivity contribution < 1.29 is 14.7 Å². The summed E-state index contributed by atoms with van der Waals surface area (Å²) in [4.78, 5) is 26.2. The number of hydrogen-bond acceptors (Lipinski definition) is 2. The highest BCUT2D eigenvalue weighted by Gasteiger charge is 2.42. The van der Waals surface area contributed by atoms with Crippen molar-refractivity contribution in [2.24, 2.45) is 5.92 Å². The van der Waals surface area contributed by atoms with E-state index in [4.69, 9.17) is 0 Å². The Morgan fingerprint density at radius 2 is 1.78 bits per heavy atom. The van der Waals surface area contributed by atoms with Crippen molar-refractivity contribution in [3.05, 3.63) is 71.3 Å². The monoisotopic (exact) mass is 309 g/mol. The molecule has 0 aromatic heterocycles. The Balaban J connectivity index is 2.02. The van der Waals surface area contributed by atoms with Crippen LogP contribution in [-0.4, -0.2) is 21.9 Å².